The third kappa shape index (κ3) is 6.77. The molecule has 1 aromatic carbocycles. The second kappa shape index (κ2) is 13.1. The molecular weight excluding hydrogens is 462 g/mol. The summed E-state index contributed by atoms with van der Waals surface area (Å²) in [5.41, 5.74) is 6.38. The molecule has 1 aliphatic heterocycles. The summed E-state index contributed by atoms with van der Waals surface area (Å²) in [6.07, 6.45) is 11.1. The predicted octanol–water partition coefficient (Wildman–Crippen LogP) is 5.55. The molecule has 3 rings (SSSR count). The molecule has 0 bridgehead atoms. The van der Waals surface area contributed by atoms with E-state index in [0.717, 1.165) is 66.2 Å². The molecule has 1 aromatic heterocycles. The Hall–Kier alpha value is -3.64. The predicted molar refractivity (Wildman–Crippen MR) is 153 cm³/mol. The molecule has 1 fully saturated rings. The van der Waals surface area contributed by atoms with Crippen LogP contribution in [0.5, 0.6) is 0 Å². The van der Waals surface area contributed by atoms with Gasteiger partial charge in [-0.05, 0) is 81.0 Å². The number of aromatic nitrogens is 1. The van der Waals surface area contributed by atoms with Crippen LogP contribution in [-0.4, -0.2) is 36.7 Å². The highest BCUT2D eigenvalue weighted by Gasteiger charge is 2.25. The monoisotopic (exact) mass is 501 g/mol. The van der Waals surface area contributed by atoms with Crippen molar-refractivity contribution in [2.75, 3.05) is 24.7 Å². The summed E-state index contributed by atoms with van der Waals surface area (Å²) in [5.74, 6) is -0.215. The van der Waals surface area contributed by atoms with E-state index >= 15 is 0 Å². The van der Waals surface area contributed by atoms with Crippen LogP contribution in [-0.2, 0) is 11.3 Å². The summed E-state index contributed by atoms with van der Waals surface area (Å²) < 4.78 is 5.60. The van der Waals surface area contributed by atoms with E-state index in [1.807, 2.05) is 51.1 Å². The standard InChI is InChI=1S/C31H39N3O3/c1-7-10-11-12-24(8-2)25-18-27(30(35)32-20-28-21(4)17-22(5)33-31(28)36)23(6)29(19-25)34(9-3)26-13-15-37-16-14-26/h7-8,10-12,17-19,26H,1-2,9,13-16,20H2,3-6H3,(H,32,35)(H,33,36)/b11-10-,24-12+. The molecule has 0 atom stereocenters. The maximum atomic E-state index is 13.6. The van der Waals surface area contributed by atoms with Crippen molar-refractivity contribution in [3.8, 4) is 0 Å². The van der Waals surface area contributed by atoms with Crippen LogP contribution in [0.3, 0.4) is 0 Å². The van der Waals surface area contributed by atoms with Gasteiger partial charge in [0.25, 0.3) is 11.5 Å². The van der Waals surface area contributed by atoms with Gasteiger partial charge in [-0.3, -0.25) is 9.59 Å². The first kappa shape index (κ1) is 27.9. The molecule has 0 aliphatic carbocycles. The van der Waals surface area contributed by atoms with E-state index < -0.39 is 0 Å². The number of nitrogens with one attached hydrogen (secondary N) is 2. The van der Waals surface area contributed by atoms with E-state index in [4.69, 9.17) is 4.74 Å². The van der Waals surface area contributed by atoms with Gasteiger partial charge in [0.15, 0.2) is 0 Å². The second-order valence-corrected chi connectivity index (χ2v) is 9.37. The Balaban J connectivity index is 2.06. The van der Waals surface area contributed by atoms with Gasteiger partial charge in [-0.2, -0.15) is 0 Å². The van der Waals surface area contributed by atoms with Crippen molar-refractivity contribution in [1.29, 1.82) is 0 Å². The lowest BCUT2D eigenvalue weighted by Gasteiger charge is -2.37. The quantitative estimate of drug-likeness (QED) is 0.419. The minimum absolute atomic E-state index is 0.156. The van der Waals surface area contributed by atoms with E-state index in [2.05, 4.69) is 41.3 Å². The zero-order valence-electron chi connectivity index (χ0n) is 22.5. The Labute approximate surface area is 220 Å². The molecule has 1 aliphatic rings. The maximum absolute atomic E-state index is 13.6. The normalized spacial score (nSPS) is 14.5. The second-order valence-electron chi connectivity index (χ2n) is 9.37. The molecule has 37 heavy (non-hydrogen) atoms. The lowest BCUT2D eigenvalue weighted by molar-refractivity contribution is 0.0845. The van der Waals surface area contributed by atoms with Gasteiger partial charge in [-0.25, -0.2) is 0 Å². The molecule has 196 valence electrons. The number of H-pyrrole nitrogens is 1. The Bertz CT molecular complexity index is 1260. The summed E-state index contributed by atoms with van der Waals surface area (Å²) in [5, 5.41) is 2.99. The van der Waals surface area contributed by atoms with E-state index in [0.29, 0.717) is 17.2 Å². The largest absolute Gasteiger partial charge is 0.381 e. The molecule has 1 saturated heterocycles. The van der Waals surface area contributed by atoms with Gasteiger partial charge in [-0.1, -0.05) is 43.5 Å². The highest BCUT2D eigenvalue weighted by Crippen LogP contribution is 2.32. The highest BCUT2D eigenvalue weighted by atomic mass is 16.5. The number of rotatable bonds is 10. The molecule has 2 heterocycles. The van der Waals surface area contributed by atoms with Crippen molar-refractivity contribution >= 4 is 17.2 Å². The number of anilines is 1. The van der Waals surface area contributed by atoms with Crippen molar-refractivity contribution in [2.45, 2.75) is 53.1 Å². The number of carbonyl (C=O) groups excluding carboxylic acids is 1. The Kier molecular flexibility index (Phi) is 9.86. The average molecular weight is 502 g/mol. The fourth-order valence-corrected chi connectivity index (χ4v) is 4.91. The van der Waals surface area contributed by atoms with Crippen LogP contribution in [0.1, 0.15) is 58.1 Å². The molecule has 1 amide bonds. The summed E-state index contributed by atoms with van der Waals surface area (Å²) in [6.45, 7) is 18.1. The van der Waals surface area contributed by atoms with Crippen LogP contribution in [0.2, 0.25) is 0 Å². The average Bonchev–Trinajstić information content (AvgIpc) is 2.88. The van der Waals surface area contributed by atoms with Crippen molar-refractivity contribution in [2.24, 2.45) is 0 Å². The zero-order chi connectivity index (χ0) is 26.9. The summed E-state index contributed by atoms with van der Waals surface area (Å²) in [7, 11) is 0. The van der Waals surface area contributed by atoms with Crippen molar-refractivity contribution in [1.82, 2.24) is 10.3 Å². The minimum Gasteiger partial charge on any atom is -0.381 e. The molecule has 0 spiro atoms. The first-order valence-electron chi connectivity index (χ1n) is 12.9. The van der Waals surface area contributed by atoms with Crippen LogP contribution in [0.25, 0.3) is 5.57 Å². The van der Waals surface area contributed by atoms with Crippen LogP contribution in [0.4, 0.5) is 5.69 Å². The SMILES string of the molecule is C=C/C=C\C=C(/C=C)c1cc(C(=O)NCc2c(C)cc(C)[nH]c2=O)c(C)c(N(CC)C2CCOCC2)c1. The number of allylic oxidation sites excluding steroid dienone is 6. The van der Waals surface area contributed by atoms with E-state index in [-0.39, 0.29) is 18.0 Å². The van der Waals surface area contributed by atoms with Gasteiger partial charge in [-0.15, -0.1) is 0 Å². The van der Waals surface area contributed by atoms with E-state index in [9.17, 15) is 9.59 Å². The fourth-order valence-electron chi connectivity index (χ4n) is 4.91. The number of pyridine rings is 1. The van der Waals surface area contributed by atoms with Crippen molar-refractivity contribution < 1.29 is 9.53 Å². The molecular formula is C31H39N3O3. The maximum Gasteiger partial charge on any atom is 0.253 e. The minimum atomic E-state index is -0.215. The first-order valence-corrected chi connectivity index (χ1v) is 12.9. The third-order valence-electron chi connectivity index (χ3n) is 6.90. The van der Waals surface area contributed by atoms with Crippen LogP contribution >= 0.6 is 0 Å². The number of carbonyl (C=O) groups is 1. The molecule has 2 aromatic rings. The number of benzene rings is 1. The van der Waals surface area contributed by atoms with Gasteiger partial charge < -0.3 is 19.9 Å². The number of aromatic amines is 1. The van der Waals surface area contributed by atoms with Gasteiger partial charge in [0.2, 0.25) is 0 Å². The van der Waals surface area contributed by atoms with Crippen LogP contribution < -0.4 is 15.8 Å². The lowest BCUT2D eigenvalue weighted by Crippen LogP contribution is -2.40. The summed E-state index contributed by atoms with van der Waals surface area (Å²) >= 11 is 0. The Morgan fingerprint density at radius 1 is 1.16 bits per heavy atom. The topological polar surface area (TPSA) is 74.4 Å². The number of hydrogen-bond acceptors (Lipinski definition) is 4. The van der Waals surface area contributed by atoms with E-state index in [1.165, 1.54) is 0 Å². The number of hydrogen-bond donors (Lipinski definition) is 2. The molecule has 0 radical (unpaired) electrons. The van der Waals surface area contributed by atoms with Crippen molar-refractivity contribution in [3.05, 3.63) is 106 Å². The Morgan fingerprint density at radius 2 is 1.89 bits per heavy atom. The van der Waals surface area contributed by atoms with Crippen LogP contribution in [0.15, 0.2) is 66.5 Å². The molecule has 2 N–H and O–H groups in total. The highest BCUT2D eigenvalue weighted by molar-refractivity contribution is 5.98. The molecule has 6 nitrogen and oxygen atoms in total. The van der Waals surface area contributed by atoms with Gasteiger partial charge in [0, 0.05) is 54.9 Å². The fraction of sp³-hybridized carbons (Fsp3) is 0.355. The first-order chi connectivity index (χ1) is 17.8. The number of ether oxygens (including phenoxy) is 1. The molecule has 6 heteroatoms. The van der Waals surface area contributed by atoms with Crippen molar-refractivity contribution in [3.63, 3.8) is 0 Å². The number of aryl methyl sites for hydroxylation is 2. The summed E-state index contributed by atoms with van der Waals surface area (Å²) in [6, 6.07) is 6.31. The van der Waals surface area contributed by atoms with Gasteiger partial charge >= 0.3 is 0 Å². The third-order valence-corrected chi connectivity index (χ3v) is 6.90. The smallest absolute Gasteiger partial charge is 0.253 e. The van der Waals surface area contributed by atoms with Gasteiger partial charge in [0.1, 0.15) is 0 Å². The van der Waals surface area contributed by atoms with Crippen LogP contribution in [0, 0.1) is 20.8 Å². The van der Waals surface area contributed by atoms with Gasteiger partial charge in [0.05, 0.1) is 0 Å². The van der Waals surface area contributed by atoms with E-state index in [1.54, 1.807) is 12.2 Å². The lowest BCUT2D eigenvalue weighted by atomic mass is 9.94. The summed E-state index contributed by atoms with van der Waals surface area (Å²) in [4.78, 5) is 31.2. The number of nitrogens with zero attached hydrogens (tertiary/aromatic N) is 1. The molecule has 0 saturated carbocycles. The molecule has 0 unspecified atom stereocenters. The Morgan fingerprint density at radius 3 is 2.51 bits per heavy atom. The zero-order valence-corrected chi connectivity index (χ0v) is 22.5. The number of amides is 1.